The molecule has 174 valence electrons. The molecule has 0 saturated heterocycles. The van der Waals surface area contributed by atoms with Gasteiger partial charge in [0.15, 0.2) is 0 Å². The highest BCUT2D eigenvalue weighted by atomic mass is 32.2. The zero-order valence-corrected chi connectivity index (χ0v) is 20.2. The minimum atomic E-state index is -3.71. The third-order valence-corrected chi connectivity index (χ3v) is 6.47. The van der Waals surface area contributed by atoms with Crippen molar-refractivity contribution >= 4 is 27.5 Å². The summed E-state index contributed by atoms with van der Waals surface area (Å²) < 4.78 is 26.0. The summed E-state index contributed by atoms with van der Waals surface area (Å²) in [6.07, 6.45) is 1.83. The summed E-state index contributed by atoms with van der Waals surface area (Å²) in [7, 11) is -3.71. The fourth-order valence-electron chi connectivity index (χ4n) is 3.26. The number of aryl methyl sites for hydroxylation is 1. The maximum atomic E-state index is 13.4. The third-order valence-electron chi connectivity index (χ3n) is 5.33. The van der Waals surface area contributed by atoms with Crippen LogP contribution in [0.1, 0.15) is 38.3 Å². The molecule has 1 N–H and O–H groups in total. The maximum absolute atomic E-state index is 13.4. The van der Waals surface area contributed by atoms with Gasteiger partial charge in [-0.25, -0.2) is 8.42 Å². The van der Waals surface area contributed by atoms with Gasteiger partial charge in [-0.2, -0.15) is 0 Å². The number of amides is 2. The minimum Gasteiger partial charge on any atom is -0.352 e. The fourth-order valence-corrected chi connectivity index (χ4v) is 4.11. The molecule has 0 unspecified atom stereocenters. The van der Waals surface area contributed by atoms with Gasteiger partial charge in [0, 0.05) is 12.6 Å². The summed E-state index contributed by atoms with van der Waals surface area (Å²) in [5.74, 6) is -0.724. The molecular weight excluding hydrogens is 426 g/mol. The van der Waals surface area contributed by atoms with E-state index in [1.54, 1.807) is 37.3 Å². The molecular formula is C24H33N3O4S. The highest BCUT2D eigenvalue weighted by Gasteiger charge is 2.30. The molecule has 2 amide bonds. The normalized spacial score (nSPS) is 13.2. The van der Waals surface area contributed by atoms with Crippen LogP contribution in [-0.2, 0) is 26.2 Å². The van der Waals surface area contributed by atoms with Gasteiger partial charge >= 0.3 is 0 Å². The van der Waals surface area contributed by atoms with E-state index < -0.39 is 28.5 Å². The predicted octanol–water partition coefficient (Wildman–Crippen LogP) is 3.09. The smallest absolute Gasteiger partial charge is 0.244 e. The van der Waals surface area contributed by atoms with E-state index in [0.717, 1.165) is 28.1 Å². The monoisotopic (exact) mass is 459 g/mol. The fraction of sp³-hybridized carbons (Fsp3) is 0.417. The van der Waals surface area contributed by atoms with Crippen LogP contribution < -0.4 is 9.62 Å². The highest BCUT2D eigenvalue weighted by Crippen LogP contribution is 2.19. The van der Waals surface area contributed by atoms with Gasteiger partial charge in [-0.05, 0) is 44.9 Å². The number of hydrogen-bond acceptors (Lipinski definition) is 4. The lowest BCUT2D eigenvalue weighted by Crippen LogP contribution is -2.52. The second-order valence-corrected chi connectivity index (χ2v) is 10.0. The Bertz CT molecular complexity index is 1020. The van der Waals surface area contributed by atoms with Crippen molar-refractivity contribution in [2.24, 2.45) is 0 Å². The van der Waals surface area contributed by atoms with Gasteiger partial charge in [0.05, 0.1) is 11.9 Å². The number of carbonyl (C=O) groups excluding carboxylic acids is 2. The van der Waals surface area contributed by atoms with E-state index in [1.165, 1.54) is 4.90 Å². The SMILES string of the molecule is CC[C@H](C)NC(=O)[C@H](C)N(Cc1cccc(C)c1)C(=O)CN(c1ccccc1)S(C)(=O)=O. The third kappa shape index (κ3) is 7.09. The number of hydrogen-bond donors (Lipinski definition) is 1. The molecule has 0 radical (unpaired) electrons. The Morgan fingerprint density at radius 1 is 1.03 bits per heavy atom. The lowest BCUT2D eigenvalue weighted by molar-refractivity contribution is -0.139. The van der Waals surface area contributed by atoms with Crippen molar-refractivity contribution in [1.29, 1.82) is 0 Å². The van der Waals surface area contributed by atoms with Crippen molar-refractivity contribution in [3.8, 4) is 0 Å². The van der Waals surface area contributed by atoms with Crippen LogP contribution >= 0.6 is 0 Å². The Morgan fingerprint density at radius 2 is 1.69 bits per heavy atom. The van der Waals surface area contributed by atoms with Gasteiger partial charge < -0.3 is 10.2 Å². The summed E-state index contributed by atoms with van der Waals surface area (Å²) in [4.78, 5) is 27.7. The van der Waals surface area contributed by atoms with Gasteiger partial charge in [0.2, 0.25) is 21.8 Å². The summed E-state index contributed by atoms with van der Waals surface area (Å²) in [6.45, 7) is 7.29. The molecule has 2 aromatic rings. The minimum absolute atomic E-state index is 0.0299. The Kier molecular flexibility index (Phi) is 8.83. The van der Waals surface area contributed by atoms with Crippen LogP contribution in [0.2, 0.25) is 0 Å². The Hall–Kier alpha value is -2.87. The molecule has 0 aliphatic carbocycles. The van der Waals surface area contributed by atoms with Crippen LogP contribution in [0.25, 0.3) is 0 Å². The first-order valence-electron chi connectivity index (χ1n) is 10.7. The second kappa shape index (κ2) is 11.1. The lowest BCUT2D eigenvalue weighted by Gasteiger charge is -2.32. The molecule has 0 aromatic heterocycles. The van der Waals surface area contributed by atoms with Crippen LogP contribution in [0.5, 0.6) is 0 Å². The molecule has 2 aromatic carbocycles. The first kappa shape index (κ1) is 25.4. The number of benzene rings is 2. The quantitative estimate of drug-likeness (QED) is 0.592. The number of para-hydroxylation sites is 1. The van der Waals surface area contributed by atoms with Crippen LogP contribution in [0.4, 0.5) is 5.69 Å². The number of rotatable bonds is 10. The Balaban J connectivity index is 2.36. The van der Waals surface area contributed by atoms with E-state index in [0.29, 0.717) is 5.69 Å². The van der Waals surface area contributed by atoms with Gasteiger partial charge in [0.25, 0.3) is 0 Å². The van der Waals surface area contributed by atoms with Crippen molar-refractivity contribution in [3.63, 3.8) is 0 Å². The van der Waals surface area contributed by atoms with Crippen molar-refractivity contribution in [1.82, 2.24) is 10.2 Å². The molecule has 0 aliphatic rings. The molecule has 0 fully saturated rings. The molecule has 7 nitrogen and oxygen atoms in total. The summed E-state index contributed by atoms with van der Waals surface area (Å²) in [5.41, 5.74) is 2.30. The van der Waals surface area contributed by atoms with Crippen molar-refractivity contribution in [2.75, 3.05) is 17.1 Å². The largest absolute Gasteiger partial charge is 0.352 e. The van der Waals surface area contributed by atoms with E-state index in [1.807, 2.05) is 45.0 Å². The van der Waals surface area contributed by atoms with Gasteiger partial charge in [0.1, 0.15) is 12.6 Å². The van der Waals surface area contributed by atoms with E-state index in [2.05, 4.69) is 5.32 Å². The van der Waals surface area contributed by atoms with Crippen LogP contribution in [0.15, 0.2) is 54.6 Å². The molecule has 0 bridgehead atoms. The number of sulfonamides is 1. The molecule has 2 atom stereocenters. The molecule has 0 spiro atoms. The number of nitrogens with zero attached hydrogens (tertiary/aromatic N) is 2. The molecule has 8 heteroatoms. The van der Waals surface area contributed by atoms with E-state index in [-0.39, 0.29) is 18.5 Å². The lowest BCUT2D eigenvalue weighted by atomic mass is 10.1. The first-order chi connectivity index (χ1) is 15.0. The average Bonchev–Trinajstić information content (AvgIpc) is 2.74. The molecule has 32 heavy (non-hydrogen) atoms. The Labute approximate surface area is 191 Å². The maximum Gasteiger partial charge on any atom is 0.244 e. The van der Waals surface area contributed by atoms with Crippen LogP contribution in [0, 0.1) is 6.92 Å². The van der Waals surface area contributed by atoms with Gasteiger partial charge in [-0.15, -0.1) is 0 Å². The molecule has 0 heterocycles. The summed E-state index contributed by atoms with van der Waals surface area (Å²) >= 11 is 0. The van der Waals surface area contributed by atoms with Crippen LogP contribution in [-0.4, -0.2) is 50.0 Å². The molecule has 0 saturated carbocycles. The van der Waals surface area contributed by atoms with Gasteiger partial charge in [-0.1, -0.05) is 55.0 Å². The number of nitrogens with one attached hydrogen (secondary N) is 1. The standard InChI is InChI=1S/C24H33N3O4S/c1-6-19(3)25-24(29)20(4)26(16-21-12-10-11-18(2)15-21)23(28)17-27(32(5,30)31)22-13-8-7-9-14-22/h7-15,19-20H,6,16-17H2,1-5H3,(H,25,29)/t19-,20-/m0/s1. The number of carbonyl (C=O) groups is 2. The Morgan fingerprint density at radius 3 is 2.25 bits per heavy atom. The van der Waals surface area contributed by atoms with E-state index in [9.17, 15) is 18.0 Å². The highest BCUT2D eigenvalue weighted by molar-refractivity contribution is 7.92. The van der Waals surface area contributed by atoms with Crippen LogP contribution in [0.3, 0.4) is 0 Å². The first-order valence-corrected chi connectivity index (χ1v) is 12.6. The number of anilines is 1. The molecule has 0 aliphatic heterocycles. The van der Waals surface area contributed by atoms with Crippen molar-refractivity contribution in [2.45, 2.75) is 52.7 Å². The topological polar surface area (TPSA) is 86.8 Å². The summed E-state index contributed by atoms with van der Waals surface area (Å²) in [5, 5.41) is 2.91. The zero-order chi connectivity index (χ0) is 23.9. The second-order valence-electron chi connectivity index (χ2n) is 8.11. The zero-order valence-electron chi connectivity index (χ0n) is 19.4. The average molecular weight is 460 g/mol. The van der Waals surface area contributed by atoms with E-state index in [4.69, 9.17) is 0 Å². The van der Waals surface area contributed by atoms with Gasteiger partial charge in [-0.3, -0.25) is 13.9 Å². The molecule has 2 rings (SSSR count). The summed E-state index contributed by atoms with van der Waals surface area (Å²) in [6, 6.07) is 15.4. The van der Waals surface area contributed by atoms with Crippen molar-refractivity contribution in [3.05, 3.63) is 65.7 Å². The van der Waals surface area contributed by atoms with Crippen molar-refractivity contribution < 1.29 is 18.0 Å². The van der Waals surface area contributed by atoms with E-state index >= 15 is 0 Å². The predicted molar refractivity (Wildman–Crippen MR) is 128 cm³/mol.